The first-order valence-corrected chi connectivity index (χ1v) is 7.79. The zero-order chi connectivity index (χ0) is 17.4. The van der Waals surface area contributed by atoms with Crippen molar-refractivity contribution in [3.8, 4) is 33.9 Å². The maximum absolute atomic E-state index is 12.6. The van der Waals surface area contributed by atoms with Crippen LogP contribution in [0.4, 0.5) is 0 Å². The Bertz CT molecular complexity index is 1110. The minimum atomic E-state index is -0.366. The number of hydrogen-bond donors (Lipinski definition) is 2. The molecule has 0 saturated heterocycles. The van der Waals surface area contributed by atoms with Gasteiger partial charge < -0.3 is 14.6 Å². The molecule has 1 aromatic heterocycles. The summed E-state index contributed by atoms with van der Waals surface area (Å²) in [5.41, 5.74) is 1.35. The second-order valence-corrected chi connectivity index (χ2v) is 5.70. The van der Waals surface area contributed by atoms with Crippen LogP contribution >= 0.6 is 0 Å². The normalized spacial score (nSPS) is 10.9. The zero-order valence-corrected chi connectivity index (χ0v) is 13.1. The summed E-state index contributed by atoms with van der Waals surface area (Å²) in [6, 6.07) is 20.8. The average molecular weight is 330 g/mol. The van der Waals surface area contributed by atoms with E-state index < -0.39 is 0 Å². The summed E-state index contributed by atoms with van der Waals surface area (Å²) >= 11 is 0. The van der Waals surface area contributed by atoms with Crippen molar-refractivity contribution in [2.45, 2.75) is 0 Å². The monoisotopic (exact) mass is 330 g/mol. The van der Waals surface area contributed by atoms with Gasteiger partial charge in [0.15, 0.2) is 5.43 Å². The van der Waals surface area contributed by atoms with E-state index in [9.17, 15) is 15.0 Å². The Morgan fingerprint density at radius 1 is 0.760 bits per heavy atom. The first-order chi connectivity index (χ1) is 12.1. The highest BCUT2D eigenvalue weighted by atomic mass is 16.3. The lowest BCUT2D eigenvalue weighted by Crippen LogP contribution is -2.01. The summed E-state index contributed by atoms with van der Waals surface area (Å²) in [5, 5.41) is 21.0. The summed E-state index contributed by atoms with van der Waals surface area (Å²) in [6.07, 6.45) is 0. The number of phenols is 2. The third-order valence-corrected chi connectivity index (χ3v) is 4.09. The molecule has 0 atom stereocenters. The van der Waals surface area contributed by atoms with Crippen LogP contribution in [-0.2, 0) is 0 Å². The Morgan fingerprint density at radius 2 is 1.36 bits per heavy atom. The molecule has 4 heteroatoms. The molecule has 0 fully saturated rings. The van der Waals surface area contributed by atoms with Crippen LogP contribution in [-0.4, -0.2) is 10.2 Å². The van der Waals surface area contributed by atoms with E-state index in [-0.39, 0.29) is 33.5 Å². The summed E-state index contributed by atoms with van der Waals surface area (Å²) < 4.78 is 5.76. The molecule has 0 bridgehead atoms. The predicted octanol–water partition coefficient (Wildman–Crippen LogP) is 4.54. The van der Waals surface area contributed by atoms with Crippen molar-refractivity contribution in [2.75, 3.05) is 0 Å². The van der Waals surface area contributed by atoms with Gasteiger partial charge in [-0.15, -0.1) is 0 Å². The number of benzene rings is 3. The minimum absolute atomic E-state index is 0.0522. The molecule has 0 aliphatic carbocycles. The maximum atomic E-state index is 12.6. The van der Waals surface area contributed by atoms with Gasteiger partial charge in [0.05, 0.1) is 5.56 Å². The molecule has 4 rings (SSSR count). The van der Waals surface area contributed by atoms with Crippen molar-refractivity contribution in [1.82, 2.24) is 0 Å². The second-order valence-electron chi connectivity index (χ2n) is 5.70. The van der Waals surface area contributed by atoms with E-state index >= 15 is 0 Å². The van der Waals surface area contributed by atoms with Crippen LogP contribution in [0.1, 0.15) is 0 Å². The fourth-order valence-electron chi connectivity index (χ4n) is 2.92. The highest BCUT2D eigenvalue weighted by Crippen LogP contribution is 2.42. The quantitative estimate of drug-likeness (QED) is 0.566. The van der Waals surface area contributed by atoms with Gasteiger partial charge in [0.1, 0.15) is 28.2 Å². The summed E-state index contributed by atoms with van der Waals surface area (Å²) in [5.74, 6) is -0.0523. The van der Waals surface area contributed by atoms with Gasteiger partial charge in [0.25, 0.3) is 0 Å². The highest BCUT2D eigenvalue weighted by Gasteiger charge is 2.19. The van der Waals surface area contributed by atoms with Crippen molar-refractivity contribution in [2.24, 2.45) is 0 Å². The number of aromatic hydroxyl groups is 2. The van der Waals surface area contributed by atoms with Crippen molar-refractivity contribution in [3.05, 3.63) is 83.0 Å². The van der Waals surface area contributed by atoms with Crippen LogP contribution in [0.15, 0.2) is 82.0 Å². The van der Waals surface area contributed by atoms with E-state index in [4.69, 9.17) is 4.42 Å². The van der Waals surface area contributed by atoms with Gasteiger partial charge in [-0.1, -0.05) is 60.7 Å². The van der Waals surface area contributed by atoms with Gasteiger partial charge in [-0.05, 0) is 5.56 Å². The Balaban J connectivity index is 2.01. The maximum Gasteiger partial charge on any atom is 0.197 e. The zero-order valence-electron chi connectivity index (χ0n) is 13.1. The molecule has 122 valence electrons. The number of rotatable bonds is 2. The van der Waals surface area contributed by atoms with Crippen molar-refractivity contribution in [1.29, 1.82) is 0 Å². The van der Waals surface area contributed by atoms with Crippen LogP contribution < -0.4 is 5.43 Å². The first kappa shape index (κ1) is 15.0. The molecule has 0 unspecified atom stereocenters. The molecule has 0 aliphatic heterocycles. The molecule has 25 heavy (non-hydrogen) atoms. The van der Waals surface area contributed by atoms with Crippen LogP contribution in [0, 0.1) is 0 Å². The molecule has 1 heterocycles. The van der Waals surface area contributed by atoms with Gasteiger partial charge in [-0.2, -0.15) is 0 Å². The average Bonchev–Trinajstić information content (AvgIpc) is 2.62. The van der Waals surface area contributed by atoms with Gasteiger partial charge in [0.2, 0.25) is 0 Å². The van der Waals surface area contributed by atoms with Gasteiger partial charge in [-0.25, -0.2) is 0 Å². The van der Waals surface area contributed by atoms with Crippen LogP contribution in [0.2, 0.25) is 0 Å². The summed E-state index contributed by atoms with van der Waals surface area (Å²) in [4.78, 5) is 12.6. The van der Waals surface area contributed by atoms with E-state index in [0.717, 1.165) is 5.56 Å². The Morgan fingerprint density at radius 3 is 2.00 bits per heavy atom. The minimum Gasteiger partial charge on any atom is -0.507 e. The third kappa shape index (κ3) is 2.54. The number of fused-ring (bicyclic) bond motifs is 1. The van der Waals surface area contributed by atoms with Crippen LogP contribution in [0.5, 0.6) is 11.5 Å². The molecular weight excluding hydrogens is 316 g/mol. The highest BCUT2D eigenvalue weighted by molar-refractivity contribution is 5.95. The van der Waals surface area contributed by atoms with Crippen LogP contribution in [0.3, 0.4) is 0 Å². The summed E-state index contributed by atoms with van der Waals surface area (Å²) in [6.45, 7) is 0. The molecule has 0 aliphatic rings. The SMILES string of the molecule is O=c1cc(-c2ccccc2)oc2cc(O)c(-c3ccccc3)c(O)c12. The van der Waals surface area contributed by atoms with E-state index in [2.05, 4.69) is 0 Å². The van der Waals surface area contributed by atoms with Crippen molar-refractivity contribution < 1.29 is 14.6 Å². The van der Waals surface area contributed by atoms with E-state index in [1.54, 1.807) is 24.3 Å². The van der Waals surface area contributed by atoms with E-state index in [1.807, 2.05) is 36.4 Å². The standard InChI is InChI=1S/C21H14O4/c22-15-12-18-20(21(24)19(15)14-9-5-2-6-10-14)16(23)11-17(25-18)13-7-3-1-4-8-13/h1-12,22,24H. The lowest BCUT2D eigenvalue weighted by molar-refractivity contribution is 0.456. The van der Waals surface area contributed by atoms with Gasteiger partial charge in [0, 0.05) is 17.7 Å². The largest absolute Gasteiger partial charge is 0.507 e. The number of hydrogen-bond acceptors (Lipinski definition) is 4. The molecule has 4 aromatic rings. The topological polar surface area (TPSA) is 70.7 Å². The molecule has 0 radical (unpaired) electrons. The molecule has 3 aromatic carbocycles. The fraction of sp³-hybridized carbons (Fsp3) is 0. The first-order valence-electron chi connectivity index (χ1n) is 7.79. The fourth-order valence-corrected chi connectivity index (χ4v) is 2.92. The molecule has 2 N–H and O–H groups in total. The molecular formula is C21H14O4. The van der Waals surface area contributed by atoms with Gasteiger partial charge in [-0.3, -0.25) is 4.79 Å². The summed E-state index contributed by atoms with van der Waals surface area (Å²) in [7, 11) is 0. The van der Waals surface area contributed by atoms with Gasteiger partial charge >= 0.3 is 0 Å². The van der Waals surface area contributed by atoms with E-state index in [0.29, 0.717) is 11.3 Å². The second kappa shape index (κ2) is 5.83. The smallest absolute Gasteiger partial charge is 0.197 e. The van der Waals surface area contributed by atoms with Crippen molar-refractivity contribution >= 4 is 11.0 Å². The molecule has 4 nitrogen and oxygen atoms in total. The molecule has 0 saturated carbocycles. The molecule has 0 amide bonds. The Labute approximate surface area is 143 Å². The molecule has 0 spiro atoms. The Hall–Kier alpha value is -3.53. The Kier molecular flexibility index (Phi) is 3.51. The third-order valence-electron chi connectivity index (χ3n) is 4.09. The van der Waals surface area contributed by atoms with Crippen LogP contribution in [0.25, 0.3) is 33.4 Å². The lowest BCUT2D eigenvalue weighted by atomic mass is 10.0. The number of phenolic OH excluding ortho intramolecular Hbond substituents is 2. The van der Waals surface area contributed by atoms with E-state index in [1.165, 1.54) is 12.1 Å². The predicted molar refractivity (Wildman–Crippen MR) is 96.7 cm³/mol. The van der Waals surface area contributed by atoms with Crippen molar-refractivity contribution in [3.63, 3.8) is 0 Å². The lowest BCUT2D eigenvalue weighted by Gasteiger charge is -2.11.